The lowest BCUT2D eigenvalue weighted by atomic mass is 9.89. The monoisotopic (exact) mass is 248 g/mol. The number of anilines is 1. The molecule has 1 fully saturated rings. The van der Waals surface area contributed by atoms with E-state index in [1.807, 2.05) is 13.0 Å². The Morgan fingerprint density at radius 2 is 2.17 bits per heavy atom. The lowest BCUT2D eigenvalue weighted by Gasteiger charge is -2.22. The number of aromatic nitrogens is 1. The second-order valence-electron chi connectivity index (χ2n) is 5.06. The molecule has 1 aromatic heterocycles. The molecule has 4 nitrogen and oxygen atoms in total. The predicted molar refractivity (Wildman–Crippen MR) is 71.0 cm³/mol. The fraction of sp³-hybridized carbons (Fsp3) is 0.571. The van der Waals surface area contributed by atoms with Gasteiger partial charge in [0.25, 0.3) is 0 Å². The summed E-state index contributed by atoms with van der Waals surface area (Å²) in [6.07, 6.45) is 7.87. The van der Waals surface area contributed by atoms with Crippen LogP contribution < -0.4 is 5.32 Å². The third-order valence-corrected chi connectivity index (χ3v) is 3.58. The van der Waals surface area contributed by atoms with E-state index in [1.165, 1.54) is 38.3 Å². The van der Waals surface area contributed by atoms with Gasteiger partial charge in [0.15, 0.2) is 0 Å². The van der Waals surface area contributed by atoms with Gasteiger partial charge in [-0.15, -0.1) is 0 Å². The van der Waals surface area contributed by atoms with Crippen molar-refractivity contribution in [3.63, 3.8) is 0 Å². The molecule has 1 aliphatic rings. The van der Waals surface area contributed by atoms with Crippen LogP contribution in [0.4, 0.5) is 5.69 Å². The topological polar surface area (TPSA) is 62.2 Å². The molecular weight excluding hydrogens is 228 g/mol. The van der Waals surface area contributed by atoms with E-state index in [9.17, 15) is 4.79 Å². The van der Waals surface area contributed by atoms with Gasteiger partial charge in [-0.05, 0) is 31.7 Å². The second-order valence-corrected chi connectivity index (χ2v) is 5.06. The Bertz CT molecular complexity index is 426. The van der Waals surface area contributed by atoms with Crippen LogP contribution in [-0.4, -0.2) is 22.6 Å². The largest absolute Gasteiger partial charge is 0.478 e. The Morgan fingerprint density at radius 1 is 1.44 bits per heavy atom. The highest BCUT2D eigenvalue weighted by atomic mass is 16.4. The molecule has 1 aliphatic carbocycles. The van der Waals surface area contributed by atoms with Crippen molar-refractivity contribution in [2.45, 2.75) is 39.0 Å². The van der Waals surface area contributed by atoms with Gasteiger partial charge in [-0.1, -0.05) is 19.3 Å². The van der Waals surface area contributed by atoms with Crippen molar-refractivity contribution in [1.29, 1.82) is 0 Å². The molecule has 0 unspecified atom stereocenters. The molecule has 0 radical (unpaired) electrons. The van der Waals surface area contributed by atoms with E-state index in [1.54, 1.807) is 0 Å². The minimum absolute atomic E-state index is 0.261. The van der Waals surface area contributed by atoms with Crippen molar-refractivity contribution >= 4 is 11.7 Å². The van der Waals surface area contributed by atoms with Crippen molar-refractivity contribution in [1.82, 2.24) is 4.98 Å². The highest BCUT2D eigenvalue weighted by Crippen LogP contribution is 2.24. The molecule has 1 heterocycles. The first-order chi connectivity index (χ1) is 8.66. The van der Waals surface area contributed by atoms with Crippen LogP contribution >= 0.6 is 0 Å². The van der Waals surface area contributed by atoms with E-state index in [4.69, 9.17) is 5.11 Å². The Labute approximate surface area is 107 Å². The normalized spacial score (nSPS) is 16.5. The maximum atomic E-state index is 11.1. The molecule has 1 aromatic rings. The molecule has 0 aromatic carbocycles. The highest BCUT2D eigenvalue weighted by Gasteiger charge is 2.15. The lowest BCUT2D eigenvalue weighted by molar-refractivity contribution is 0.0697. The van der Waals surface area contributed by atoms with Gasteiger partial charge in [0.1, 0.15) is 5.56 Å². The first kappa shape index (κ1) is 12.9. The number of nitrogens with zero attached hydrogens (tertiary/aromatic N) is 1. The van der Waals surface area contributed by atoms with E-state index >= 15 is 0 Å². The molecule has 2 N–H and O–H groups in total. The number of rotatable bonds is 4. The van der Waals surface area contributed by atoms with E-state index in [0.29, 0.717) is 11.6 Å². The third-order valence-electron chi connectivity index (χ3n) is 3.58. The van der Waals surface area contributed by atoms with Gasteiger partial charge >= 0.3 is 5.97 Å². The van der Waals surface area contributed by atoms with Crippen molar-refractivity contribution in [2.24, 2.45) is 5.92 Å². The number of carboxylic acids is 1. The Hall–Kier alpha value is -1.58. The van der Waals surface area contributed by atoms with Crippen molar-refractivity contribution in [3.05, 3.63) is 23.5 Å². The van der Waals surface area contributed by atoms with Crippen molar-refractivity contribution < 1.29 is 9.90 Å². The van der Waals surface area contributed by atoms with Crippen LogP contribution in [0, 0.1) is 12.8 Å². The number of aromatic carboxylic acids is 1. The van der Waals surface area contributed by atoms with Gasteiger partial charge in [0, 0.05) is 18.4 Å². The summed E-state index contributed by atoms with van der Waals surface area (Å²) in [5.41, 5.74) is 1.79. The molecule has 0 bridgehead atoms. The van der Waals surface area contributed by atoms with Crippen LogP contribution in [0.1, 0.15) is 48.2 Å². The van der Waals surface area contributed by atoms with Crippen LogP contribution in [0.3, 0.4) is 0 Å². The van der Waals surface area contributed by atoms with E-state index in [-0.39, 0.29) is 5.56 Å². The van der Waals surface area contributed by atoms with Gasteiger partial charge in [0.05, 0.1) is 5.69 Å². The highest BCUT2D eigenvalue weighted by molar-refractivity contribution is 5.93. The third kappa shape index (κ3) is 3.22. The molecular formula is C14H20N2O2. The van der Waals surface area contributed by atoms with Gasteiger partial charge in [-0.3, -0.25) is 4.98 Å². The summed E-state index contributed by atoms with van der Waals surface area (Å²) in [5, 5.41) is 12.4. The number of pyridine rings is 1. The molecule has 0 aliphatic heterocycles. The Kier molecular flexibility index (Phi) is 4.18. The Morgan fingerprint density at radius 3 is 2.83 bits per heavy atom. The first-order valence-electron chi connectivity index (χ1n) is 6.60. The quantitative estimate of drug-likeness (QED) is 0.859. The molecule has 2 rings (SSSR count). The van der Waals surface area contributed by atoms with E-state index < -0.39 is 5.97 Å². The Balaban J connectivity index is 2.03. The van der Waals surface area contributed by atoms with Gasteiger partial charge in [0.2, 0.25) is 0 Å². The molecule has 98 valence electrons. The zero-order valence-corrected chi connectivity index (χ0v) is 10.8. The molecule has 0 spiro atoms. The second kappa shape index (κ2) is 5.85. The molecule has 0 saturated heterocycles. The van der Waals surface area contributed by atoms with Crippen molar-refractivity contribution in [2.75, 3.05) is 11.9 Å². The summed E-state index contributed by atoms with van der Waals surface area (Å²) in [6.45, 7) is 2.74. The summed E-state index contributed by atoms with van der Waals surface area (Å²) in [7, 11) is 0. The van der Waals surface area contributed by atoms with Crippen LogP contribution in [0.15, 0.2) is 12.3 Å². The number of hydrogen-bond donors (Lipinski definition) is 2. The maximum absolute atomic E-state index is 11.1. The van der Waals surface area contributed by atoms with E-state index in [0.717, 1.165) is 12.2 Å². The van der Waals surface area contributed by atoms with E-state index in [2.05, 4.69) is 10.3 Å². The number of hydrogen-bond acceptors (Lipinski definition) is 3. The number of nitrogens with one attached hydrogen (secondary N) is 1. The summed E-state index contributed by atoms with van der Waals surface area (Å²) < 4.78 is 0. The zero-order valence-electron chi connectivity index (χ0n) is 10.8. The lowest BCUT2D eigenvalue weighted by Crippen LogP contribution is -2.18. The average molecular weight is 248 g/mol. The minimum Gasteiger partial charge on any atom is -0.478 e. The number of carboxylic acid groups (broad SMARTS) is 1. The van der Waals surface area contributed by atoms with Crippen molar-refractivity contribution in [3.8, 4) is 0 Å². The number of aryl methyl sites for hydroxylation is 1. The molecule has 4 heteroatoms. The maximum Gasteiger partial charge on any atom is 0.339 e. The zero-order chi connectivity index (χ0) is 13.0. The van der Waals surface area contributed by atoms with Gasteiger partial charge in [-0.25, -0.2) is 4.79 Å². The SMILES string of the molecule is Cc1cc(NCC2CCCCC2)c(C(=O)O)cn1. The fourth-order valence-electron chi connectivity index (χ4n) is 2.52. The summed E-state index contributed by atoms with van der Waals surface area (Å²) in [4.78, 5) is 15.1. The number of carbonyl (C=O) groups is 1. The summed E-state index contributed by atoms with van der Waals surface area (Å²) in [5.74, 6) is -0.248. The van der Waals surface area contributed by atoms with Crippen LogP contribution in [0.5, 0.6) is 0 Å². The molecule has 0 amide bonds. The van der Waals surface area contributed by atoms with Crippen LogP contribution in [-0.2, 0) is 0 Å². The molecule has 0 atom stereocenters. The average Bonchev–Trinajstić information content (AvgIpc) is 2.37. The molecule has 18 heavy (non-hydrogen) atoms. The van der Waals surface area contributed by atoms with Gasteiger partial charge < -0.3 is 10.4 Å². The smallest absolute Gasteiger partial charge is 0.339 e. The first-order valence-corrected chi connectivity index (χ1v) is 6.60. The standard InChI is InChI=1S/C14H20N2O2/c1-10-7-13(12(9-15-10)14(17)18)16-8-11-5-3-2-4-6-11/h7,9,11H,2-6,8H2,1H3,(H,15,16)(H,17,18). The van der Waals surface area contributed by atoms with Gasteiger partial charge in [-0.2, -0.15) is 0 Å². The van der Waals surface area contributed by atoms with Crippen LogP contribution in [0.2, 0.25) is 0 Å². The predicted octanol–water partition coefficient (Wildman–Crippen LogP) is 3.08. The summed E-state index contributed by atoms with van der Waals surface area (Å²) >= 11 is 0. The van der Waals surface area contributed by atoms with Crippen LogP contribution in [0.25, 0.3) is 0 Å². The fourth-order valence-corrected chi connectivity index (χ4v) is 2.52. The minimum atomic E-state index is -0.923. The molecule has 1 saturated carbocycles. The summed E-state index contributed by atoms with van der Waals surface area (Å²) in [6, 6.07) is 1.81.